The molecule has 2 aromatic carbocycles. The smallest absolute Gasteiger partial charge is 0.324 e. The summed E-state index contributed by atoms with van der Waals surface area (Å²) >= 11 is 0. The molecule has 7 nitrogen and oxygen atoms in total. The van der Waals surface area contributed by atoms with Gasteiger partial charge in [-0.1, -0.05) is 35.4 Å². The number of amides is 2. The molecule has 3 heterocycles. The summed E-state index contributed by atoms with van der Waals surface area (Å²) in [5.41, 5.74) is 3.12. The van der Waals surface area contributed by atoms with E-state index in [1.54, 1.807) is 30.3 Å². The van der Waals surface area contributed by atoms with Crippen molar-refractivity contribution in [1.29, 1.82) is 0 Å². The molecule has 0 saturated carbocycles. The van der Waals surface area contributed by atoms with Crippen molar-refractivity contribution in [2.45, 2.75) is 13.0 Å². The average Bonchev–Trinajstić information content (AvgIpc) is 2.97. The topological polar surface area (TPSA) is 79.8 Å². The minimum Gasteiger partial charge on any atom is -0.324 e. The van der Waals surface area contributed by atoms with Crippen molar-refractivity contribution in [3.63, 3.8) is 0 Å². The van der Waals surface area contributed by atoms with Crippen LogP contribution in [-0.2, 0) is 17.8 Å². The van der Waals surface area contributed by atoms with E-state index in [1.807, 2.05) is 25.2 Å². The predicted octanol–water partition coefficient (Wildman–Crippen LogP) is 2.59. The van der Waals surface area contributed by atoms with Crippen molar-refractivity contribution >= 4 is 28.7 Å². The number of hydrogen-bond acceptors (Lipinski definition) is 6. The molecule has 2 aliphatic rings. The average molecular weight is 387 g/mol. The van der Waals surface area contributed by atoms with Crippen LogP contribution in [0.3, 0.4) is 0 Å². The number of pyridine rings is 1. The zero-order chi connectivity index (χ0) is 20.1. The van der Waals surface area contributed by atoms with Crippen molar-refractivity contribution in [3.8, 4) is 0 Å². The highest BCUT2D eigenvalue weighted by molar-refractivity contribution is 6.21. The number of imide groups is 1. The molecule has 0 spiro atoms. The van der Waals surface area contributed by atoms with Crippen LogP contribution in [0.1, 0.15) is 42.3 Å². The number of para-hydroxylation sites is 1. The van der Waals surface area contributed by atoms with E-state index < -0.39 is 17.8 Å². The second kappa shape index (κ2) is 6.49. The van der Waals surface area contributed by atoms with Gasteiger partial charge >= 0.3 is 5.97 Å². The molecule has 1 aromatic heterocycles. The molecule has 3 aromatic rings. The first kappa shape index (κ1) is 17.5. The summed E-state index contributed by atoms with van der Waals surface area (Å²) < 4.78 is 0. The lowest BCUT2D eigenvalue weighted by molar-refractivity contribution is -0.0584. The minimum absolute atomic E-state index is 0.228. The third-order valence-corrected chi connectivity index (χ3v) is 5.37. The molecular formula is C22H17N3O4. The molecule has 5 rings (SSSR count). The van der Waals surface area contributed by atoms with Crippen molar-refractivity contribution in [3.05, 3.63) is 76.5 Å². The largest absolute Gasteiger partial charge is 0.365 e. The Labute approximate surface area is 166 Å². The zero-order valence-electron chi connectivity index (χ0n) is 15.7. The second-order valence-corrected chi connectivity index (χ2v) is 7.25. The first-order chi connectivity index (χ1) is 14.0. The van der Waals surface area contributed by atoms with E-state index in [4.69, 9.17) is 9.82 Å². The monoisotopic (exact) mass is 387 g/mol. The summed E-state index contributed by atoms with van der Waals surface area (Å²) in [6.07, 6.45) is 0.712. The number of nitrogens with zero attached hydrogens (tertiary/aromatic N) is 3. The molecule has 0 unspecified atom stereocenters. The van der Waals surface area contributed by atoms with Crippen LogP contribution in [0.15, 0.2) is 48.5 Å². The van der Waals surface area contributed by atoms with Gasteiger partial charge in [-0.15, -0.1) is 0 Å². The SMILES string of the molecule is CN1CCc2nc3ccccc3c(C(=O)ON3C(=O)c4ccccc4C3=O)c2C1. The van der Waals surface area contributed by atoms with Crippen molar-refractivity contribution in [2.75, 3.05) is 13.6 Å². The fraction of sp³-hybridized carbons (Fsp3) is 0.182. The molecule has 2 amide bonds. The fourth-order valence-corrected chi connectivity index (χ4v) is 3.94. The normalized spacial score (nSPS) is 16.1. The Hall–Kier alpha value is -3.58. The number of benzene rings is 2. The maximum absolute atomic E-state index is 13.2. The van der Waals surface area contributed by atoms with E-state index in [0.29, 0.717) is 34.5 Å². The van der Waals surface area contributed by atoms with Crippen molar-refractivity contribution in [1.82, 2.24) is 14.9 Å². The first-order valence-electron chi connectivity index (χ1n) is 9.33. The Morgan fingerprint density at radius 1 is 1.00 bits per heavy atom. The fourth-order valence-electron chi connectivity index (χ4n) is 3.94. The molecule has 0 saturated heterocycles. The van der Waals surface area contributed by atoms with Gasteiger partial charge in [0.25, 0.3) is 11.8 Å². The summed E-state index contributed by atoms with van der Waals surface area (Å²) in [6.45, 7) is 1.38. The molecule has 0 radical (unpaired) electrons. The molecule has 0 atom stereocenters. The van der Waals surface area contributed by atoms with Gasteiger partial charge < -0.3 is 9.74 Å². The molecule has 0 fully saturated rings. The van der Waals surface area contributed by atoms with Crippen LogP contribution in [0.25, 0.3) is 10.9 Å². The van der Waals surface area contributed by atoms with Gasteiger partial charge in [-0.3, -0.25) is 14.6 Å². The minimum atomic E-state index is -0.732. The Kier molecular flexibility index (Phi) is 3.92. The van der Waals surface area contributed by atoms with Gasteiger partial charge in [-0.25, -0.2) is 4.79 Å². The van der Waals surface area contributed by atoms with Crippen molar-refractivity contribution in [2.24, 2.45) is 0 Å². The molecule has 7 heteroatoms. The Balaban J connectivity index is 1.58. The van der Waals surface area contributed by atoms with E-state index in [0.717, 1.165) is 17.8 Å². The van der Waals surface area contributed by atoms with Gasteiger partial charge in [0.05, 0.1) is 22.2 Å². The highest BCUT2D eigenvalue weighted by Gasteiger charge is 2.39. The highest BCUT2D eigenvalue weighted by Crippen LogP contribution is 2.30. The Morgan fingerprint density at radius 2 is 1.66 bits per heavy atom. The summed E-state index contributed by atoms with van der Waals surface area (Å²) in [5, 5.41) is 1.20. The van der Waals surface area contributed by atoms with Crippen molar-refractivity contribution < 1.29 is 19.2 Å². The lowest BCUT2D eigenvalue weighted by Crippen LogP contribution is -2.34. The van der Waals surface area contributed by atoms with Crippen LogP contribution in [0, 0.1) is 0 Å². The van der Waals surface area contributed by atoms with E-state index in [2.05, 4.69) is 4.90 Å². The molecule has 144 valence electrons. The van der Waals surface area contributed by atoms with Gasteiger partial charge in [0.1, 0.15) is 0 Å². The number of carbonyl (C=O) groups is 3. The molecule has 2 aliphatic heterocycles. The van der Waals surface area contributed by atoms with Crippen LogP contribution in [0.2, 0.25) is 0 Å². The maximum Gasteiger partial charge on any atom is 0.365 e. The van der Waals surface area contributed by atoms with Crippen LogP contribution >= 0.6 is 0 Å². The number of rotatable bonds is 2. The second-order valence-electron chi connectivity index (χ2n) is 7.25. The number of hydroxylamine groups is 2. The highest BCUT2D eigenvalue weighted by atomic mass is 16.7. The summed E-state index contributed by atoms with van der Waals surface area (Å²) in [4.78, 5) is 50.6. The quantitative estimate of drug-likeness (QED) is 0.629. The molecule has 0 aliphatic carbocycles. The molecule has 0 N–H and O–H groups in total. The Morgan fingerprint density at radius 3 is 2.38 bits per heavy atom. The van der Waals surface area contributed by atoms with Gasteiger partial charge in [0.15, 0.2) is 0 Å². The third kappa shape index (κ3) is 2.70. The molecule has 29 heavy (non-hydrogen) atoms. The number of hydrogen-bond donors (Lipinski definition) is 0. The van der Waals surface area contributed by atoms with Crippen LogP contribution < -0.4 is 0 Å². The standard InChI is InChI=1S/C22H17N3O4/c1-24-11-10-18-16(12-24)19(15-8-4-5-9-17(15)23-18)22(28)29-25-20(26)13-6-2-3-7-14(13)21(25)27/h2-9H,10-12H2,1H3. The lowest BCUT2D eigenvalue weighted by atomic mass is 9.96. The van der Waals surface area contributed by atoms with E-state index in [1.165, 1.54) is 0 Å². The lowest BCUT2D eigenvalue weighted by Gasteiger charge is -2.27. The van der Waals surface area contributed by atoms with Gasteiger partial charge in [0.2, 0.25) is 0 Å². The van der Waals surface area contributed by atoms with Gasteiger partial charge in [0, 0.05) is 36.2 Å². The van der Waals surface area contributed by atoms with Crippen LogP contribution in [0.5, 0.6) is 0 Å². The number of aromatic nitrogens is 1. The summed E-state index contributed by atoms with van der Waals surface area (Å²) in [6, 6.07) is 13.7. The van der Waals surface area contributed by atoms with E-state index in [9.17, 15) is 14.4 Å². The first-order valence-corrected chi connectivity index (χ1v) is 9.33. The third-order valence-electron chi connectivity index (χ3n) is 5.37. The van der Waals surface area contributed by atoms with Crippen LogP contribution in [0.4, 0.5) is 0 Å². The Bertz CT molecular complexity index is 1170. The zero-order valence-corrected chi connectivity index (χ0v) is 15.7. The van der Waals surface area contributed by atoms with Gasteiger partial charge in [-0.2, -0.15) is 0 Å². The van der Waals surface area contributed by atoms with Gasteiger partial charge in [-0.05, 0) is 25.2 Å². The number of fused-ring (bicyclic) bond motifs is 3. The predicted molar refractivity (Wildman–Crippen MR) is 104 cm³/mol. The molecule has 0 bridgehead atoms. The maximum atomic E-state index is 13.2. The van der Waals surface area contributed by atoms with Crippen LogP contribution in [-0.4, -0.2) is 46.3 Å². The van der Waals surface area contributed by atoms with E-state index >= 15 is 0 Å². The summed E-state index contributed by atoms with van der Waals surface area (Å²) in [7, 11) is 1.97. The number of likely N-dealkylation sites (N-methyl/N-ethyl adjacent to an activating group) is 1. The van der Waals surface area contributed by atoms with E-state index in [-0.39, 0.29) is 11.1 Å². The summed E-state index contributed by atoms with van der Waals surface area (Å²) in [5.74, 6) is -2.00. The molecular weight excluding hydrogens is 370 g/mol. The number of carbonyl (C=O) groups excluding carboxylic acids is 3.